The number of anilines is 1. The second-order valence-corrected chi connectivity index (χ2v) is 5.65. The summed E-state index contributed by atoms with van der Waals surface area (Å²) in [7, 11) is 0. The summed E-state index contributed by atoms with van der Waals surface area (Å²) in [4.78, 5) is 25.3. The second-order valence-electron chi connectivity index (χ2n) is 5.21. The van der Waals surface area contributed by atoms with Crippen LogP contribution in [0, 0.1) is 0 Å². The predicted octanol–water partition coefficient (Wildman–Crippen LogP) is 2.61. The summed E-state index contributed by atoms with van der Waals surface area (Å²) in [6.07, 6.45) is 3.06. The highest BCUT2D eigenvalue weighted by molar-refractivity contribution is 6.30. The van der Waals surface area contributed by atoms with Gasteiger partial charge in [-0.25, -0.2) is 0 Å². The van der Waals surface area contributed by atoms with E-state index in [-0.39, 0.29) is 12.3 Å². The van der Waals surface area contributed by atoms with Crippen molar-refractivity contribution in [3.05, 3.63) is 29.3 Å². The summed E-state index contributed by atoms with van der Waals surface area (Å²) in [5.74, 6) is -1.24. The van der Waals surface area contributed by atoms with Crippen LogP contribution in [0.4, 0.5) is 5.69 Å². The third-order valence-electron chi connectivity index (χ3n) is 3.62. The van der Waals surface area contributed by atoms with Gasteiger partial charge in [-0.3, -0.25) is 14.5 Å². The number of rotatable bonds is 5. The standard InChI is InChI=1S/C15H19ClN2O3/c16-11-4-6-12(7-5-11)17-14(19)10-13(15(20)21)18-8-2-1-3-9-18/h4-7,13H,1-3,8-10H2,(H,17,19)(H,20,21)/t13-/m1/s1. The van der Waals surface area contributed by atoms with E-state index in [1.165, 1.54) is 0 Å². The zero-order chi connectivity index (χ0) is 15.2. The number of aliphatic carboxylic acids is 1. The summed E-state index contributed by atoms with van der Waals surface area (Å²) >= 11 is 5.78. The van der Waals surface area contributed by atoms with Crippen LogP contribution in [-0.2, 0) is 9.59 Å². The van der Waals surface area contributed by atoms with Gasteiger partial charge in [0, 0.05) is 10.7 Å². The summed E-state index contributed by atoms with van der Waals surface area (Å²) in [5.41, 5.74) is 0.618. The van der Waals surface area contributed by atoms with Crippen molar-refractivity contribution in [2.45, 2.75) is 31.7 Å². The van der Waals surface area contributed by atoms with Crippen molar-refractivity contribution in [3.8, 4) is 0 Å². The maximum atomic E-state index is 12.0. The van der Waals surface area contributed by atoms with Gasteiger partial charge in [0.15, 0.2) is 0 Å². The summed E-state index contributed by atoms with van der Waals surface area (Å²) in [6, 6.07) is 5.98. The van der Waals surface area contributed by atoms with Crippen molar-refractivity contribution in [1.29, 1.82) is 0 Å². The number of piperidine rings is 1. The van der Waals surface area contributed by atoms with Gasteiger partial charge >= 0.3 is 5.97 Å². The molecule has 1 aromatic rings. The van der Waals surface area contributed by atoms with E-state index in [2.05, 4.69) is 5.32 Å². The number of nitrogens with one attached hydrogen (secondary N) is 1. The molecule has 1 fully saturated rings. The third-order valence-corrected chi connectivity index (χ3v) is 3.88. The molecular weight excluding hydrogens is 292 g/mol. The second kappa shape index (κ2) is 7.43. The van der Waals surface area contributed by atoms with E-state index >= 15 is 0 Å². The molecule has 1 heterocycles. The van der Waals surface area contributed by atoms with Crippen molar-refractivity contribution < 1.29 is 14.7 Å². The van der Waals surface area contributed by atoms with Gasteiger partial charge in [0.1, 0.15) is 6.04 Å². The lowest BCUT2D eigenvalue weighted by Crippen LogP contribution is -2.45. The van der Waals surface area contributed by atoms with E-state index in [9.17, 15) is 14.7 Å². The monoisotopic (exact) mass is 310 g/mol. The molecule has 0 saturated carbocycles. The minimum Gasteiger partial charge on any atom is -0.480 e. The predicted molar refractivity (Wildman–Crippen MR) is 81.5 cm³/mol. The van der Waals surface area contributed by atoms with Crippen molar-refractivity contribution >= 4 is 29.2 Å². The van der Waals surface area contributed by atoms with Gasteiger partial charge in [0.2, 0.25) is 5.91 Å². The number of hydrogen-bond acceptors (Lipinski definition) is 3. The molecule has 0 aromatic heterocycles. The molecule has 0 radical (unpaired) electrons. The molecule has 2 rings (SSSR count). The maximum Gasteiger partial charge on any atom is 0.321 e. The number of likely N-dealkylation sites (tertiary alicyclic amines) is 1. The number of carbonyl (C=O) groups is 2. The molecule has 114 valence electrons. The van der Waals surface area contributed by atoms with Crippen LogP contribution in [-0.4, -0.2) is 41.0 Å². The molecule has 0 spiro atoms. The highest BCUT2D eigenvalue weighted by Gasteiger charge is 2.29. The van der Waals surface area contributed by atoms with Crippen LogP contribution in [0.2, 0.25) is 5.02 Å². The molecule has 1 saturated heterocycles. The number of halogens is 1. The lowest BCUT2D eigenvalue weighted by Gasteiger charge is -2.31. The molecule has 1 atom stereocenters. The third kappa shape index (κ3) is 4.72. The van der Waals surface area contributed by atoms with Gasteiger partial charge in [0.25, 0.3) is 0 Å². The van der Waals surface area contributed by atoms with Gasteiger partial charge in [0.05, 0.1) is 6.42 Å². The average Bonchev–Trinajstić information content (AvgIpc) is 2.48. The van der Waals surface area contributed by atoms with Gasteiger partial charge in [-0.15, -0.1) is 0 Å². The van der Waals surface area contributed by atoms with Crippen LogP contribution in [0.15, 0.2) is 24.3 Å². The van der Waals surface area contributed by atoms with Crippen molar-refractivity contribution in [2.75, 3.05) is 18.4 Å². The molecule has 0 unspecified atom stereocenters. The lowest BCUT2D eigenvalue weighted by atomic mass is 10.1. The molecule has 0 aliphatic carbocycles. The van der Waals surface area contributed by atoms with Crippen LogP contribution in [0.3, 0.4) is 0 Å². The Morgan fingerprint density at radius 3 is 2.38 bits per heavy atom. The Labute approximate surface area is 128 Å². The van der Waals surface area contributed by atoms with Crippen LogP contribution < -0.4 is 5.32 Å². The first-order valence-electron chi connectivity index (χ1n) is 7.08. The normalized spacial score (nSPS) is 17.2. The van der Waals surface area contributed by atoms with E-state index in [4.69, 9.17) is 11.6 Å². The highest BCUT2D eigenvalue weighted by atomic mass is 35.5. The Morgan fingerprint density at radius 2 is 1.81 bits per heavy atom. The number of hydrogen-bond donors (Lipinski definition) is 2. The Kier molecular flexibility index (Phi) is 5.59. The largest absolute Gasteiger partial charge is 0.480 e. The topological polar surface area (TPSA) is 69.6 Å². The van der Waals surface area contributed by atoms with Crippen LogP contribution in [0.5, 0.6) is 0 Å². The van der Waals surface area contributed by atoms with E-state index < -0.39 is 12.0 Å². The summed E-state index contributed by atoms with van der Waals surface area (Å²) in [6.45, 7) is 1.48. The fraction of sp³-hybridized carbons (Fsp3) is 0.467. The highest BCUT2D eigenvalue weighted by Crippen LogP contribution is 2.17. The fourth-order valence-electron chi connectivity index (χ4n) is 2.52. The SMILES string of the molecule is O=C(C[C@H](C(=O)O)N1CCCCC1)Nc1ccc(Cl)cc1. The van der Waals surface area contributed by atoms with Gasteiger partial charge in [-0.1, -0.05) is 18.0 Å². The van der Waals surface area contributed by atoms with Crippen molar-refractivity contribution in [3.63, 3.8) is 0 Å². The molecular formula is C15H19ClN2O3. The van der Waals surface area contributed by atoms with Crippen LogP contribution in [0.1, 0.15) is 25.7 Å². The molecule has 21 heavy (non-hydrogen) atoms. The fourth-order valence-corrected chi connectivity index (χ4v) is 2.65. The smallest absolute Gasteiger partial charge is 0.321 e. The quantitative estimate of drug-likeness (QED) is 0.877. The zero-order valence-corrected chi connectivity index (χ0v) is 12.5. The zero-order valence-electron chi connectivity index (χ0n) is 11.7. The summed E-state index contributed by atoms with van der Waals surface area (Å²) in [5, 5.41) is 12.6. The van der Waals surface area contributed by atoms with Crippen LogP contribution in [0.25, 0.3) is 0 Å². The number of carboxylic acid groups (broad SMARTS) is 1. The van der Waals surface area contributed by atoms with E-state index in [0.717, 1.165) is 32.4 Å². The number of carbonyl (C=O) groups excluding carboxylic acids is 1. The first kappa shape index (κ1) is 15.8. The van der Waals surface area contributed by atoms with E-state index in [1.807, 2.05) is 4.90 Å². The number of benzene rings is 1. The van der Waals surface area contributed by atoms with Gasteiger partial charge < -0.3 is 10.4 Å². The van der Waals surface area contributed by atoms with Crippen LogP contribution >= 0.6 is 11.6 Å². The maximum absolute atomic E-state index is 12.0. The molecule has 1 aromatic carbocycles. The molecule has 1 aliphatic heterocycles. The number of amides is 1. The van der Waals surface area contributed by atoms with E-state index in [0.29, 0.717) is 10.7 Å². The Hall–Kier alpha value is -1.59. The Balaban J connectivity index is 1.94. The lowest BCUT2D eigenvalue weighted by molar-refractivity contribution is -0.145. The van der Waals surface area contributed by atoms with Crippen molar-refractivity contribution in [1.82, 2.24) is 4.90 Å². The summed E-state index contributed by atoms with van der Waals surface area (Å²) < 4.78 is 0. The minimum absolute atomic E-state index is 0.0437. The minimum atomic E-state index is -0.942. The molecule has 2 N–H and O–H groups in total. The van der Waals surface area contributed by atoms with Gasteiger partial charge in [-0.2, -0.15) is 0 Å². The average molecular weight is 311 g/mol. The molecule has 0 bridgehead atoms. The molecule has 1 amide bonds. The Morgan fingerprint density at radius 1 is 1.19 bits per heavy atom. The first-order chi connectivity index (χ1) is 10.1. The van der Waals surface area contributed by atoms with Gasteiger partial charge in [-0.05, 0) is 50.2 Å². The molecule has 5 nitrogen and oxygen atoms in total. The number of carboxylic acids is 1. The number of nitrogens with zero attached hydrogens (tertiary/aromatic N) is 1. The van der Waals surface area contributed by atoms with E-state index in [1.54, 1.807) is 24.3 Å². The molecule has 1 aliphatic rings. The molecule has 6 heteroatoms. The Bertz CT molecular complexity index is 498. The van der Waals surface area contributed by atoms with Crippen molar-refractivity contribution in [2.24, 2.45) is 0 Å². The first-order valence-corrected chi connectivity index (χ1v) is 7.46.